The molecule has 134 valence electrons. The van der Waals surface area contributed by atoms with E-state index in [-0.39, 0.29) is 16.5 Å². The molecular formula is C18H15F2N3O2S. The first-order valence-corrected chi connectivity index (χ1v) is 9.09. The molecule has 5 nitrogen and oxygen atoms in total. The van der Waals surface area contributed by atoms with Gasteiger partial charge >= 0.3 is 0 Å². The Balaban J connectivity index is 1.75. The van der Waals surface area contributed by atoms with Crippen molar-refractivity contribution >= 4 is 27.2 Å². The van der Waals surface area contributed by atoms with Crippen LogP contribution in [-0.4, -0.2) is 13.4 Å². The van der Waals surface area contributed by atoms with E-state index in [1.165, 1.54) is 37.4 Å². The lowest BCUT2D eigenvalue weighted by Crippen LogP contribution is -2.15. The summed E-state index contributed by atoms with van der Waals surface area (Å²) < 4.78 is 53.2. The van der Waals surface area contributed by atoms with Crippen molar-refractivity contribution in [3.05, 3.63) is 78.0 Å². The molecule has 0 saturated heterocycles. The summed E-state index contributed by atoms with van der Waals surface area (Å²) in [5.41, 5.74) is 1.58. The number of hydrogen-bond acceptors (Lipinski definition) is 4. The third-order valence-electron chi connectivity index (χ3n) is 3.56. The zero-order valence-corrected chi connectivity index (χ0v) is 14.5. The lowest BCUT2D eigenvalue weighted by atomic mass is 10.2. The van der Waals surface area contributed by atoms with Crippen LogP contribution in [0, 0.1) is 18.6 Å². The van der Waals surface area contributed by atoms with Gasteiger partial charge in [-0.15, -0.1) is 0 Å². The summed E-state index contributed by atoms with van der Waals surface area (Å²) in [6.07, 6.45) is 1.44. The number of aryl methyl sites for hydroxylation is 1. The van der Waals surface area contributed by atoms with Gasteiger partial charge in [0.2, 0.25) is 0 Å². The van der Waals surface area contributed by atoms with Gasteiger partial charge in [0.05, 0.1) is 16.8 Å². The first-order chi connectivity index (χ1) is 12.3. The van der Waals surface area contributed by atoms with Crippen LogP contribution in [0.2, 0.25) is 0 Å². The largest absolute Gasteiger partial charge is 0.354 e. The first-order valence-electron chi connectivity index (χ1n) is 7.61. The van der Waals surface area contributed by atoms with Crippen molar-refractivity contribution in [1.29, 1.82) is 0 Å². The highest BCUT2D eigenvalue weighted by Crippen LogP contribution is 2.21. The number of rotatable bonds is 5. The molecular weight excluding hydrogens is 360 g/mol. The van der Waals surface area contributed by atoms with Gasteiger partial charge in [-0.1, -0.05) is 0 Å². The van der Waals surface area contributed by atoms with Gasteiger partial charge in [-0.3, -0.25) is 4.72 Å². The number of anilines is 3. The fourth-order valence-electron chi connectivity index (χ4n) is 2.34. The zero-order valence-electron chi connectivity index (χ0n) is 13.7. The van der Waals surface area contributed by atoms with E-state index < -0.39 is 15.8 Å². The van der Waals surface area contributed by atoms with Gasteiger partial charge in [0.15, 0.2) is 0 Å². The fraction of sp³-hybridized carbons (Fsp3) is 0.0556. The Morgan fingerprint density at radius 3 is 2.15 bits per heavy atom. The average Bonchev–Trinajstić information content (AvgIpc) is 2.58. The van der Waals surface area contributed by atoms with Crippen molar-refractivity contribution in [2.45, 2.75) is 11.8 Å². The Labute approximate surface area is 149 Å². The molecule has 8 heteroatoms. The van der Waals surface area contributed by atoms with Crippen LogP contribution in [0.3, 0.4) is 0 Å². The van der Waals surface area contributed by atoms with Gasteiger partial charge in [0, 0.05) is 5.69 Å². The standard InChI is InChI=1S/C18H15F2N3O2S/c1-12-10-14(20)4-8-17(12)26(24,25)23-18-9-7-16(11-21-18)22-15-5-2-13(19)3-6-15/h2-11,22H,1H3,(H,21,23). The maximum Gasteiger partial charge on any atom is 0.263 e. The van der Waals surface area contributed by atoms with E-state index in [0.29, 0.717) is 16.9 Å². The Kier molecular flexibility index (Phi) is 4.85. The minimum absolute atomic E-state index is 0.0192. The maximum atomic E-state index is 13.2. The van der Waals surface area contributed by atoms with E-state index in [4.69, 9.17) is 0 Å². The molecule has 0 fully saturated rings. The minimum atomic E-state index is -3.88. The third kappa shape index (κ3) is 4.15. The first kappa shape index (κ1) is 17.8. The zero-order chi connectivity index (χ0) is 18.7. The number of nitrogens with zero attached hydrogens (tertiary/aromatic N) is 1. The summed E-state index contributed by atoms with van der Waals surface area (Å²) in [5, 5.41) is 3.02. The lowest BCUT2D eigenvalue weighted by molar-refractivity contribution is 0.598. The van der Waals surface area contributed by atoms with E-state index in [2.05, 4.69) is 15.0 Å². The van der Waals surface area contributed by atoms with Crippen LogP contribution >= 0.6 is 0 Å². The second-order valence-electron chi connectivity index (χ2n) is 5.58. The summed E-state index contributed by atoms with van der Waals surface area (Å²) in [4.78, 5) is 4.03. The summed E-state index contributed by atoms with van der Waals surface area (Å²) in [6, 6.07) is 12.4. The van der Waals surface area contributed by atoms with Gasteiger partial charge in [-0.05, 0) is 67.1 Å². The van der Waals surface area contributed by atoms with Crippen LogP contribution in [0.1, 0.15) is 5.56 Å². The van der Waals surface area contributed by atoms with E-state index in [9.17, 15) is 17.2 Å². The van der Waals surface area contributed by atoms with Crippen LogP contribution in [-0.2, 0) is 10.0 Å². The average molecular weight is 375 g/mol. The highest BCUT2D eigenvalue weighted by atomic mass is 32.2. The molecule has 0 atom stereocenters. The molecule has 0 amide bonds. The van der Waals surface area contributed by atoms with Crippen molar-refractivity contribution < 1.29 is 17.2 Å². The van der Waals surface area contributed by atoms with Gasteiger partial charge in [-0.25, -0.2) is 22.2 Å². The Hall–Kier alpha value is -3.00. The van der Waals surface area contributed by atoms with Crippen molar-refractivity contribution in [2.75, 3.05) is 10.0 Å². The van der Waals surface area contributed by atoms with Crippen LogP contribution in [0.25, 0.3) is 0 Å². The Morgan fingerprint density at radius 2 is 1.54 bits per heavy atom. The predicted octanol–water partition coefficient (Wildman–Crippen LogP) is 4.21. The molecule has 0 spiro atoms. The molecule has 0 aliphatic rings. The van der Waals surface area contributed by atoms with Crippen LogP contribution in [0.15, 0.2) is 65.7 Å². The van der Waals surface area contributed by atoms with Gasteiger partial charge in [-0.2, -0.15) is 0 Å². The molecule has 3 aromatic rings. The molecule has 0 unspecified atom stereocenters. The number of hydrogen-bond donors (Lipinski definition) is 2. The van der Waals surface area contributed by atoms with Crippen molar-refractivity contribution in [3.63, 3.8) is 0 Å². The number of pyridine rings is 1. The van der Waals surface area contributed by atoms with Crippen LogP contribution in [0.5, 0.6) is 0 Å². The van der Waals surface area contributed by atoms with Crippen LogP contribution in [0.4, 0.5) is 26.0 Å². The second kappa shape index (κ2) is 7.09. The lowest BCUT2D eigenvalue weighted by Gasteiger charge is -2.11. The molecule has 1 aromatic heterocycles. The molecule has 0 bridgehead atoms. The quantitative estimate of drug-likeness (QED) is 0.701. The molecule has 2 N–H and O–H groups in total. The highest BCUT2D eigenvalue weighted by Gasteiger charge is 2.17. The normalized spacial score (nSPS) is 11.2. The predicted molar refractivity (Wildman–Crippen MR) is 95.9 cm³/mol. The Bertz CT molecular complexity index is 1020. The van der Waals surface area contributed by atoms with E-state index in [1.807, 2.05) is 0 Å². The third-order valence-corrected chi connectivity index (χ3v) is 5.08. The molecule has 3 rings (SSSR count). The fourth-order valence-corrected chi connectivity index (χ4v) is 3.57. The number of aromatic nitrogens is 1. The van der Waals surface area contributed by atoms with Crippen molar-refractivity contribution in [2.24, 2.45) is 0 Å². The van der Waals surface area contributed by atoms with Gasteiger partial charge in [0.25, 0.3) is 10.0 Å². The molecule has 0 radical (unpaired) electrons. The molecule has 0 saturated carbocycles. The van der Waals surface area contributed by atoms with Crippen molar-refractivity contribution in [3.8, 4) is 0 Å². The van der Waals surface area contributed by atoms with E-state index in [0.717, 1.165) is 12.1 Å². The number of nitrogens with one attached hydrogen (secondary N) is 2. The van der Waals surface area contributed by atoms with Crippen molar-refractivity contribution in [1.82, 2.24) is 4.98 Å². The maximum absolute atomic E-state index is 13.2. The van der Waals surface area contributed by atoms with Gasteiger partial charge < -0.3 is 5.32 Å². The number of sulfonamides is 1. The van der Waals surface area contributed by atoms with E-state index in [1.54, 1.807) is 18.2 Å². The smallest absolute Gasteiger partial charge is 0.263 e. The SMILES string of the molecule is Cc1cc(F)ccc1S(=O)(=O)Nc1ccc(Nc2ccc(F)cc2)cn1. The van der Waals surface area contributed by atoms with Crippen LogP contribution < -0.4 is 10.0 Å². The molecule has 0 aliphatic carbocycles. The van der Waals surface area contributed by atoms with E-state index >= 15 is 0 Å². The molecule has 0 aliphatic heterocycles. The monoisotopic (exact) mass is 375 g/mol. The second-order valence-corrected chi connectivity index (χ2v) is 7.23. The molecule has 1 heterocycles. The minimum Gasteiger partial charge on any atom is -0.354 e. The Morgan fingerprint density at radius 1 is 0.885 bits per heavy atom. The highest BCUT2D eigenvalue weighted by molar-refractivity contribution is 7.92. The topological polar surface area (TPSA) is 71.1 Å². The summed E-state index contributed by atoms with van der Waals surface area (Å²) in [7, 11) is -3.88. The summed E-state index contributed by atoms with van der Waals surface area (Å²) >= 11 is 0. The van der Waals surface area contributed by atoms with Gasteiger partial charge in [0.1, 0.15) is 17.5 Å². The summed E-state index contributed by atoms with van der Waals surface area (Å²) in [5.74, 6) is -0.719. The number of halogens is 2. The molecule has 2 aromatic carbocycles. The number of benzene rings is 2. The molecule has 26 heavy (non-hydrogen) atoms. The summed E-state index contributed by atoms with van der Waals surface area (Å²) in [6.45, 7) is 1.51.